The van der Waals surface area contributed by atoms with E-state index in [0.29, 0.717) is 50.9 Å². The molecule has 1 aliphatic rings. The van der Waals surface area contributed by atoms with E-state index in [1.807, 2.05) is 13.8 Å². The van der Waals surface area contributed by atoms with Crippen LogP contribution in [0.5, 0.6) is 5.75 Å². The average Bonchev–Trinajstić information content (AvgIpc) is 2.70. The SMILES string of the molecule is COc1cc([N+](=O)[O-])ccc1NC(=O)CCN1CCN(C(=O)OCC(C)C)CC1. The summed E-state index contributed by atoms with van der Waals surface area (Å²) in [6, 6.07) is 4.04. The molecule has 1 N–H and O–H groups in total. The Morgan fingerprint density at radius 2 is 1.93 bits per heavy atom. The van der Waals surface area contributed by atoms with Gasteiger partial charge >= 0.3 is 6.09 Å². The minimum absolute atomic E-state index is 0.107. The van der Waals surface area contributed by atoms with Gasteiger partial charge in [0.25, 0.3) is 5.69 Å². The molecule has 2 amide bonds. The number of nitro benzene ring substituents is 1. The number of piperazine rings is 1. The van der Waals surface area contributed by atoms with Crippen molar-refractivity contribution in [3.8, 4) is 5.75 Å². The second kappa shape index (κ2) is 10.6. The molecule has 160 valence electrons. The summed E-state index contributed by atoms with van der Waals surface area (Å²) in [5.74, 6) is 0.324. The van der Waals surface area contributed by atoms with Gasteiger partial charge in [-0.15, -0.1) is 0 Å². The highest BCUT2D eigenvalue weighted by Crippen LogP contribution is 2.29. The number of amides is 2. The molecule has 1 aromatic rings. The fourth-order valence-corrected chi connectivity index (χ4v) is 2.85. The number of carbonyl (C=O) groups excluding carboxylic acids is 2. The number of carbonyl (C=O) groups is 2. The normalized spacial score (nSPS) is 14.6. The molecule has 0 unspecified atom stereocenters. The molecule has 0 spiro atoms. The third-order valence-corrected chi connectivity index (χ3v) is 4.50. The topological polar surface area (TPSA) is 114 Å². The molecule has 29 heavy (non-hydrogen) atoms. The van der Waals surface area contributed by atoms with Crippen LogP contribution in [0, 0.1) is 16.0 Å². The molecule has 1 aromatic carbocycles. The first kappa shape index (κ1) is 22.4. The van der Waals surface area contributed by atoms with Crippen LogP contribution in [0.15, 0.2) is 18.2 Å². The van der Waals surface area contributed by atoms with Crippen molar-refractivity contribution < 1.29 is 24.0 Å². The number of hydrogen-bond acceptors (Lipinski definition) is 7. The molecule has 1 heterocycles. The average molecular weight is 408 g/mol. The Labute approximate surface area is 169 Å². The van der Waals surface area contributed by atoms with Gasteiger partial charge in [0.2, 0.25) is 5.91 Å². The molecule has 10 heteroatoms. The number of nitro groups is 1. The van der Waals surface area contributed by atoms with Crippen molar-refractivity contribution in [3.63, 3.8) is 0 Å². The Hall–Kier alpha value is -2.88. The highest BCUT2D eigenvalue weighted by Gasteiger charge is 2.22. The minimum Gasteiger partial charge on any atom is -0.494 e. The number of anilines is 1. The Morgan fingerprint density at radius 1 is 1.24 bits per heavy atom. The number of ether oxygens (including phenoxy) is 2. The number of methoxy groups -OCH3 is 1. The summed E-state index contributed by atoms with van der Waals surface area (Å²) in [6.07, 6.45) is -0.0286. The lowest BCUT2D eigenvalue weighted by atomic mass is 10.2. The maximum atomic E-state index is 12.3. The maximum absolute atomic E-state index is 12.3. The minimum atomic E-state index is -0.521. The molecular formula is C19H28N4O6. The van der Waals surface area contributed by atoms with Crippen LogP contribution in [0.4, 0.5) is 16.2 Å². The third kappa shape index (κ3) is 6.90. The van der Waals surface area contributed by atoms with Gasteiger partial charge in [-0.25, -0.2) is 4.79 Å². The molecule has 0 radical (unpaired) electrons. The molecule has 10 nitrogen and oxygen atoms in total. The van der Waals surface area contributed by atoms with Crippen LogP contribution >= 0.6 is 0 Å². The number of non-ortho nitro benzene ring substituents is 1. The number of hydrogen-bond donors (Lipinski definition) is 1. The van der Waals surface area contributed by atoms with E-state index in [2.05, 4.69) is 10.2 Å². The first-order valence-electron chi connectivity index (χ1n) is 9.56. The smallest absolute Gasteiger partial charge is 0.409 e. The monoisotopic (exact) mass is 408 g/mol. The van der Waals surface area contributed by atoms with E-state index in [-0.39, 0.29) is 29.9 Å². The molecule has 0 aromatic heterocycles. The molecule has 2 rings (SSSR count). The van der Waals surface area contributed by atoms with Crippen LogP contribution < -0.4 is 10.1 Å². The van der Waals surface area contributed by atoms with Crippen molar-refractivity contribution in [1.82, 2.24) is 9.80 Å². The highest BCUT2D eigenvalue weighted by atomic mass is 16.6. The van der Waals surface area contributed by atoms with E-state index in [1.165, 1.54) is 25.3 Å². The zero-order valence-corrected chi connectivity index (χ0v) is 17.1. The molecule has 1 saturated heterocycles. The Bertz CT molecular complexity index is 731. The molecule has 0 aliphatic carbocycles. The first-order valence-corrected chi connectivity index (χ1v) is 9.56. The van der Waals surface area contributed by atoms with E-state index < -0.39 is 4.92 Å². The van der Waals surface area contributed by atoms with Crippen LogP contribution in [0.3, 0.4) is 0 Å². The number of nitrogens with one attached hydrogen (secondary N) is 1. The lowest BCUT2D eigenvalue weighted by molar-refractivity contribution is -0.384. The van der Waals surface area contributed by atoms with Gasteiger partial charge in [0.05, 0.1) is 30.4 Å². The molecule has 1 fully saturated rings. The summed E-state index contributed by atoms with van der Waals surface area (Å²) in [4.78, 5) is 38.3. The largest absolute Gasteiger partial charge is 0.494 e. The zero-order chi connectivity index (χ0) is 21.4. The summed E-state index contributed by atoms with van der Waals surface area (Å²) in [5, 5.41) is 13.6. The number of nitrogens with zero attached hydrogens (tertiary/aromatic N) is 3. The number of benzene rings is 1. The second-order valence-electron chi connectivity index (χ2n) is 7.24. The summed E-state index contributed by atoms with van der Waals surface area (Å²) in [6.45, 7) is 7.41. The predicted octanol–water partition coefficient (Wildman–Crippen LogP) is 2.34. The highest BCUT2D eigenvalue weighted by molar-refractivity contribution is 5.92. The number of rotatable bonds is 8. The lowest BCUT2D eigenvalue weighted by Crippen LogP contribution is -2.49. The van der Waals surface area contributed by atoms with Crippen LogP contribution in [0.2, 0.25) is 0 Å². The second-order valence-corrected chi connectivity index (χ2v) is 7.24. The predicted molar refractivity (Wildman–Crippen MR) is 107 cm³/mol. The van der Waals surface area contributed by atoms with Gasteiger partial charge in [0.1, 0.15) is 5.75 Å². The summed E-state index contributed by atoms with van der Waals surface area (Å²) >= 11 is 0. The van der Waals surface area contributed by atoms with Crippen LogP contribution in [0.1, 0.15) is 20.3 Å². The molecule has 0 bridgehead atoms. The van der Waals surface area contributed by atoms with Gasteiger partial charge in [0.15, 0.2) is 0 Å². The third-order valence-electron chi connectivity index (χ3n) is 4.50. The molecule has 0 saturated carbocycles. The molecule has 0 atom stereocenters. The van der Waals surface area contributed by atoms with Crippen molar-refractivity contribution in [1.29, 1.82) is 0 Å². The van der Waals surface area contributed by atoms with Crippen LogP contribution in [-0.2, 0) is 9.53 Å². The Balaban J connectivity index is 1.76. The quantitative estimate of drug-likeness (QED) is 0.519. The van der Waals surface area contributed by atoms with E-state index in [4.69, 9.17) is 9.47 Å². The van der Waals surface area contributed by atoms with Gasteiger partial charge in [-0.05, 0) is 12.0 Å². The van der Waals surface area contributed by atoms with Gasteiger partial charge in [-0.3, -0.25) is 19.8 Å². The van der Waals surface area contributed by atoms with Crippen molar-refractivity contribution >= 4 is 23.4 Å². The van der Waals surface area contributed by atoms with Crippen molar-refractivity contribution in [2.24, 2.45) is 5.92 Å². The maximum Gasteiger partial charge on any atom is 0.409 e. The summed E-state index contributed by atoms with van der Waals surface area (Å²) in [7, 11) is 1.39. The van der Waals surface area contributed by atoms with Crippen LogP contribution in [-0.4, -0.2) is 73.2 Å². The zero-order valence-electron chi connectivity index (χ0n) is 17.1. The molecule has 1 aliphatic heterocycles. The Kier molecular flexibility index (Phi) is 8.20. The van der Waals surface area contributed by atoms with E-state index >= 15 is 0 Å². The lowest BCUT2D eigenvalue weighted by Gasteiger charge is -2.34. The van der Waals surface area contributed by atoms with Gasteiger partial charge < -0.3 is 19.7 Å². The van der Waals surface area contributed by atoms with E-state index in [1.54, 1.807) is 4.90 Å². The van der Waals surface area contributed by atoms with Gasteiger partial charge in [-0.1, -0.05) is 13.8 Å². The first-order chi connectivity index (χ1) is 13.8. The van der Waals surface area contributed by atoms with Gasteiger partial charge in [-0.2, -0.15) is 0 Å². The molecular weight excluding hydrogens is 380 g/mol. The fourth-order valence-electron chi connectivity index (χ4n) is 2.85. The van der Waals surface area contributed by atoms with Crippen molar-refractivity contribution in [3.05, 3.63) is 28.3 Å². The van der Waals surface area contributed by atoms with Gasteiger partial charge in [0, 0.05) is 45.2 Å². The van der Waals surface area contributed by atoms with E-state index in [0.717, 1.165) is 0 Å². The van der Waals surface area contributed by atoms with Crippen molar-refractivity contribution in [2.45, 2.75) is 20.3 Å². The fraction of sp³-hybridized carbons (Fsp3) is 0.579. The summed E-state index contributed by atoms with van der Waals surface area (Å²) < 4.78 is 10.4. The van der Waals surface area contributed by atoms with E-state index in [9.17, 15) is 19.7 Å². The standard InChI is InChI=1S/C19H28N4O6/c1-14(2)13-29-19(25)22-10-8-21(9-11-22)7-6-18(24)20-16-5-4-15(23(26)27)12-17(16)28-3/h4-5,12,14H,6-11,13H2,1-3H3,(H,20,24). The Morgan fingerprint density at radius 3 is 2.52 bits per heavy atom. The summed E-state index contributed by atoms with van der Waals surface area (Å²) in [5.41, 5.74) is 0.283. The van der Waals surface area contributed by atoms with Crippen LogP contribution in [0.25, 0.3) is 0 Å². The van der Waals surface area contributed by atoms with Crippen molar-refractivity contribution in [2.75, 3.05) is 51.8 Å².